The van der Waals surface area contributed by atoms with E-state index in [1.54, 1.807) is 37.3 Å². The Bertz CT molecular complexity index is 435. The van der Waals surface area contributed by atoms with Crippen LogP contribution in [0.25, 0.3) is 0 Å². The van der Waals surface area contributed by atoms with Gasteiger partial charge in [-0.1, -0.05) is 6.42 Å². The molecule has 0 aliphatic heterocycles. The van der Waals surface area contributed by atoms with E-state index >= 15 is 0 Å². The van der Waals surface area contributed by atoms with Crippen molar-refractivity contribution >= 4 is 5.91 Å². The summed E-state index contributed by atoms with van der Waals surface area (Å²) >= 11 is 0. The van der Waals surface area contributed by atoms with Crippen LogP contribution in [0.3, 0.4) is 0 Å². The van der Waals surface area contributed by atoms with Gasteiger partial charge in [0.2, 0.25) is 0 Å². The molecule has 112 valence electrons. The van der Waals surface area contributed by atoms with Crippen molar-refractivity contribution in [2.75, 3.05) is 34.4 Å². The van der Waals surface area contributed by atoms with E-state index in [1.165, 1.54) is 0 Å². The van der Waals surface area contributed by atoms with Crippen molar-refractivity contribution in [3.63, 3.8) is 0 Å². The Morgan fingerprint density at radius 3 is 2.45 bits per heavy atom. The predicted octanol–water partition coefficient (Wildman–Crippen LogP) is 1.90. The molecule has 0 aromatic heterocycles. The zero-order chi connectivity index (χ0) is 15.0. The van der Waals surface area contributed by atoms with Crippen molar-refractivity contribution in [3.05, 3.63) is 23.8 Å². The zero-order valence-electron chi connectivity index (χ0n) is 12.5. The van der Waals surface area contributed by atoms with Crippen LogP contribution in [-0.2, 0) is 0 Å². The number of hydrogen-bond donors (Lipinski definition) is 1. The maximum absolute atomic E-state index is 12.3. The minimum Gasteiger partial charge on any atom is -0.493 e. The Morgan fingerprint density at radius 2 is 1.85 bits per heavy atom. The van der Waals surface area contributed by atoms with Gasteiger partial charge in [0.1, 0.15) is 0 Å². The summed E-state index contributed by atoms with van der Waals surface area (Å²) in [5.74, 6) is 1.17. The standard InChI is InChI=1S/C15H24N2O3/c1-17(10-6-4-5-9-16)15(18)12-7-8-13(19-2)14(11-12)20-3/h7-8,11H,4-6,9-10,16H2,1-3H3. The fourth-order valence-corrected chi connectivity index (χ4v) is 1.96. The summed E-state index contributed by atoms with van der Waals surface area (Å²) in [6.45, 7) is 1.43. The van der Waals surface area contributed by atoms with Gasteiger partial charge in [0.05, 0.1) is 14.2 Å². The number of carbonyl (C=O) groups excluding carboxylic acids is 1. The largest absolute Gasteiger partial charge is 0.493 e. The lowest BCUT2D eigenvalue weighted by molar-refractivity contribution is 0.0792. The maximum Gasteiger partial charge on any atom is 0.253 e. The number of amides is 1. The number of rotatable bonds is 8. The molecule has 0 bridgehead atoms. The predicted molar refractivity (Wildman–Crippen MR) is 79.4 cm³/mol. The highest BCUT2D eigenvalue weighted by Crippen LogP contribution is 2.27. The van der Waals surface area contributed by atoms with Gasteiger partial charge in [0.15, 0.2) is 11.5 Å². The molecule has 1 rings (SSSR count). The first kappa shape index (κ1) is 16.3. The van der Waals surface area contributed by atoms with Gasteiger partial charge in [0.25, 0.3) is 5.91 Å². The molecule has 5 nitrogen and oxygen atoms in total. The molecule has 20 heavy (non-hydrogen) atoms. The van der Waals surface area contributed by atoms with Crippen LogP contribution < -0.4 is 15.2 Å². The Kier molecular flexibility index (Phi) is 6.87. The first-order chi connectivity index (χ1) is 9.63. The number of unbranched alkanes of at least 4 members (excludes halogenated alkanes) is 2. The smallest absolute Gasteiger partial charge is 0.253 e. The van der Waals surface area contributed by atoms with Crippen LogP contribution in [-0.4, -0.2) is 45.2 Å². The number of nitrogens with zero attached hydrogens (tertiary/aromatic N) is 1. The van der Waals surface area contributed by atoms with Crippen LogP contribution >= 0.6 is 0 Å². The van der Waals surface area contributed by atoms with Gasteiger partial charge in [-0.25, -0.2) is 0 Å². The average molecular weight is 280 g/mol. The van der Waals surface area contributed by atoms with Crippen molar-refractivity contribution in [1.82, 2.24) is 4.90 Å². The maximum atomic E-state index is 12.3. The molecule has 0 aliphatic carbocycles. The minimum atomic E-state index is -0.0151. The summed E-state index contributed by atoms with van der Waals surface area (Å²) < 4.78 is 10.4. The molecule has 0 spiro atoms. The summed E-state index contributed by atoms with van der Waals surface area (Å²) in [7, 11) is 4.94. The highest BCUT2D eigenvalue weighted by Gasteiger charge is 2.14. The van der Waals surface area contributed by atoms with Gasteiger partial charge >= 0.3 is 0 Å². The molecule has 1 amide bonds. The van der Waals surface area contributed by atoms with Crippen LogP contribution in [0.1, 0.15) is 29.6 Å². The number of hydrogen-bond acceptors (Lipinski definition) is 4. The summed E-state index contributed by atoms with van der Waals surface area (Å²) in [5.41, 5.74) is 6.05. The summed E-state index contributed by atoms with van der Waals surface area (Å²) in [4.78, 5) is 14.0. The van der Waals surface area contributed by atoms with Crippen LogP contribution in [0.2, 0.25) is 0 Å². The number of nitrogens with two attached hydrogens (primary N) is 1. The first-order valence-electron chi connectivity index (χ1n) is 6.81. The zero-order valence-corrected chi connectivity index (χ0v) is 12.5. The molecule has 1 aromatic rings. The van der Waals surface area contributed by atoms with Gasteiger partial charge in [0, 0.05) is 19.2 Å². The second-order valence-corrected chi connectivity index (χ2v) is 4.65. The lowest BCUT2D eigenvalue weighted by atomic mass is 10.1. The number of carbonyl (C=O) groups is 1. The third-order valence-electron chi connectivity index (χ3n) is 3.17. The molecule has 0 atom stereocenters. The Hall–Kier alpha value is -1.75. The molecule has 0 fully saturated rings. The monoisotopic (exact) mass is 280 g/mol. The van der Waals surface area contributed by atoms with Crippen molar-refractivity contribution in [2.45, 2.75) is 19.3 Å². The topological polar surface area (TPSA) is 64.8 Å². The van der Waals surface area contributed by atoms with Gasteiger partial charge in [-0.05, 0) is 37.6 Å². The average Bonchev–Trinajstić information content (AvgIpc) is 2.49. The third-order valence-corrected chi connectivity index (χ3v) is 3.17. The van der Waals surface area contributed by atoms with Crippen LogP contribution in [0.15, 0.2) is 18.2 Å². The van der Waals surface area contributed by atoms with E-state index in [0.717, 1.165) is 25.8 Å². The molecule has 0 radical (unpaired) electrons. The van der Waals surface area contributed by atoms with Crippen LogP contribution in [0, 0.1) is 0 Å². The molecule has 0 saturated heterocycles. The van der Waals surface area contributed by atoms with E-state index in [9.17, 15) is 4.79 Å². The van der Waals surface area contributed by atoms with Crippen LogP contribution in [0.4, 0.5) is 0 Å². The summed E-state index contributed by atoms with van der Waals surface area (Å²) in [5, 5.41) is 0. The van der Waals surface area contributed by atoms with E-state index < -0.39 is 0 Å². The van der Waals surface area contributed by atoms with Gasteiger partial charge < -0.3 is 20.1 Å². The summed E-state index contributed by atoms with van der Waals surface area (Å²) in [6.07, 6.45) is 3.01. The highest BCUT2D eigenvalue weighted by molar-refractivity contribution is 5.94. The molecule has 5 heteroatoms. The lowest BCUT2D eigenvalue weighted by Gasteiger charge is -2.18. The van der Waals surface area contributed by atoms with E-state index in [1.807, 2.05) is 7.05 Å². The molecule has 0 heterocycles. The molecule has 0 saturated carbocycles. The molecule has 0 aliphatic rings. The fourth-order valence-electron chi connectivity index (χ4n) is 1.96. The quantitative estimate of drug-likeness (QED) is 0.739. The van der Waals surface area contributed by atoms with E-state index in [4.69, 9.17) is 15.2 Å². The number of benzene rings is 1. The van der Waals surface area contributed by atoms with E-state index in [0.29, 0.717) is 23.6 Å². The minimum absolute atomic E-state index is 0.0151. The summed E-state index contributed by atoms with van der Waals surface area (Å²) in [6, 6.07) is 5.20. The van der Waals surface area contributed by atoms with Gasteiger partial charge in [-0.2, -0.15) is 0 Å². The van der Waals surface area contributed by atoms with Crippen molar-refractivity contribution in [3.8, 4) is 11.5 Å². The number of ether oxygens (including phenoxy) is 2. The third kappa shape index (κ3) is 4.42. The fraction of sp³-hybridized carbons (Fsp3) is 0.533. The van der Waals surface area contributed by atoms with Crippen molar-refractivity contribution < 1.29 is 14.3 Å². The molecule has 2 N–H and O–H groups in total. The number of methoxy groups -OCH3 is 2. The highest BCUT2D eigenvalue weighted by atomic mass is 16.5. The molecule has 1 aromatic carbocycles. The second-order valence-electron chi connectivity index (χ2n) is 4.65. The van der Waals surface area contributed by atoms with Crippen LogP contribution in [0.5, 0.6) is 11.5 Å². The van der Waals surface area contributed by atoms with Gasteiger partial charge in [-0.3, -0.25) is 4.79 Å². The molecular formula is C15H24N2O3. The SMILES string of the molecule is COc1ccc(C(=O)N(C)CCCCCN)cc1OC. The molecular weight excluding hydrogens is 256 g/mol. The second kappa shape index (κ2) is 8.43. The lowest BCUT2D eigenvalue weighted by Crippen LogP contribution is -2.27. The normalized spacial score (nSPS) is 10.2. The first-order valence-corrected chi connectivity index (χ1v) is 6.81. The van der Waals surface area contributed by atoms with Crippen molar-refractivity contribution in [1.29, 1.82) is 0 Å². The Balaban J connectivity index is 2.66. The van der Waals surface area contributed by atoms with E-state index in [-0.39, 0.29) is 5.91 Å². The molecule has 0 unspecified atom stereocenters. The van der Waals surface area contributed by atoms with Crippen molar-refractivity contribution in [2.24, 2.45) is 5.73 Å². The van der Waals surface area contributed by atoms with Gasteiger partial charge in [-0.15, -0.1) is 0 Å². The van der Waals surface area contributed by atoms with E-state index in [2.05, 4.69) is 0 Å². The Morgan fingerprint density at radius 1 is 1.15 bits per heavy atom. The Labute approximate surface area is 120 Å².